The Morgan fingerprint density at radius 2 is 1.81 bits per heavy atom. The van der Waals surface area contributed by atoms with Crippen LogP contribution in [0.5, 0.6) is 0 Å². The molecule has 2 aromatic heterocycles. The lowest BCUT2D eigenvalue weighted by Gasteiger charge is -2.06. The van der Waals surface area contributed by atoms with Gasteiger partial charge >= 0.3 is 0 Å². The van der Waals surface area contributed by atoms with Gasteiger partial charge in [0.25, 0.3) is 0 Å². The maximum Gasteiger partial charge on any atom is 0.243 e. The van der Waals surface area contributed by atoms with Crippen LogP contribution in [0, 0.1) is 0 Å². The molecule has 2 aromatic rings. The lowest BCUT2D eigenvalue weighted by atomic mass is 10.4. The monoisotopic (exact) mass is 326 g/mol. The van der Waals surface area contributed by atoms with Crippen LogP contribution < -0.4 is 10.0 Å². The number of aromatic nitrogens is 2. The molecule has 0 aliphatic heterocycles. The van der Waals surface area contributed by atoms with Crippen LogP contribution in [0.4, 0.5) is 5.95 Å². The summed E-state index contributed by atoms with van der Waals surface area (Å²) in [5.41, 5.74) is 0. The average Bonchev–Trinajstić information content (AvgIpc) is 2.94. The fourth-order valence-corrected chi connectivity index (χ4v) is 3.55. The predicted molar refractivity (Wildman–Crippen MR) is 83.9 cm³/mol. The number of nitrogens with zero attached hydrogens (tertiary/aromatic N) is 2. The molecule has 0 aliphatic carbocycles. The summed E-state index contributed by atoms with van der Waals surface area (Å²) in [5, 5.41) is 2.92. The van der Waals surface area contributed by atoms with E-state index in [2.05, 4.69) is 26.9 Å². The van der Waals surface area contributed by atoms with Gasteiger partial charge in [0.15, 0.2) is 0 Å². The second kappa shape index (κ2) is 6.97. The number of thiophene rings is 1. The third-order valence-electron chi connectivity index (χ3n) is 2.78. The minimum absolute atomic E-state index is 0.0661. The molecular formula is C13H18N4O2S2. The Balaban J connectivity index is 2.03. The van der Waals surface area contributed by atoms with E-state index < -0.39 is 10.0 Å². The van der Waals surface area contributed by atoms with Gasteiger partial charge in [-0.3, -0.25) is 0 Å². The number of anilines is 1. The number of sulfonamides is 1. The third kappa shape index (κ3) is 4.23. The molecule has 0 unspecified atom stereocenters. The van der Waals surface area contributed by atoms with E-state index in [0.717, 1.165) is 11.3 Å². The smallest absolute Gasteiger partial charge is 0.243 e. The van der Waals surface area contributed by atoms with Crippen molar-refractivity contribution in [2.24, 2.45) is 0 Å². The van der Waals surface area contributed by atoms with E-state index >= 15 is 0 Å². The molecule has 6 nitrogen and oxygen atoms in total. The fraction of sp³-hybridized carbons (Fsp3) is 0.385. The van der Waals surface area contributed by atoms with E-state index in [4.69, 9.17) is 0 Å². The average molecular weight is 326 g/mol. The van der Waals surface area contributed by atoms with Crippen molar-refractivity contribution in [2.75, 3.05) is 11.9 Å². The van der Waals surface area contributed by atoms with Crippen molar-refractivity contribution in [3.63, 3.8) is 0 Å². The highest BCUT2D eigenvalue weighted by Crippen LogP contribution is 2.17. The molecule has 0 saturated carbocycles. The second-order valence-electron chi connectivity index (χ2n) is 4.32. The summed E-state index contributed by atoms with van der Waals surface area (Å²) in [6, 6.07) is 3.96. The summed E-state index contributed by atoms with van der Waals surface area (Å²) < 4.78 is 26.9. The Labute approximate surface area is 128 Å². The standard InChI is InChI=1S/C13H18N4O2S2/c1-3-10-5-6-11(20-10)7-17-21(18,19)12-8-15-13(14-4-2)16-9-12/h5-6,8-9,17H,3-4,7H2,1-2H3,(H,14,15,16). The van der Waals surface area contributed by atoms with Gasteiger partial charge in [-0.25, -0.2) is 23.1 Å². The van der Waals surface area contributed by atoms with Crippen LogP contribution in [0.1, 0.15) is 23.6 Å². The SMILES string of the molecule is CCNc1ncc(S(=O)(=O)NCc2ccc(CC)s2)cn1. The Bertz CT molecular complexity index is 680. The lowest BCUT2D eigenvalue weighted by molar-refractivity contribution is 0.581. The number of nitrogens with one attached hydrogen (secondary N) is 2. The molecule has 114 valence electrons. The van der Waals surface area contributed by atoms with Gasteiger partial charge < -0.3 is 5.32 Å². The Morgan fingerprint density at radius 1 is 1.14 bits per heavy atom. The minimum atomic E-state index is -3.58. The summed E-state index contributed by atoms with van der Waals surface area (Å²) in [6.45, 7) is 4.95. The Morgan fingerprint density at radius 3 is 2.38 bits per heavy atom. The topological polar surface area (TPSA) is 84.0 Å². The first-order valence-corrected chi connectivity index (χ1v) is 8.98. The molecule has 0 fully saturated rings. The summed E-state index contributed by atoms with van der Waals surface area (Å²) in [4.78, 5) is 10.2. The summed E-state index contributed by atoms with van der Waals surface area (Å²) in [5.74, 6) is 0.419. The molecule has 8 heteroatoms. The Kier molecular flexibility index (Phi) is 5.27. The molecule has 0 aromatic carbocycles. The van der Waals surface area contributed by atoms with Crippen LogP contribution in [-0.2, 0) is 23.0 Å². The molecule has 0 spiro atoms. The first-order chi connectivity index (χ1) is 10.0. The summed E-state index contributed by atoms with van der Waals surface area (Å²) >= 11 is 1.61. The number of aryl methyl sites for hydroxylation is 1. The van der Waals surface area contributed by atoms with E-state index in [1.807, 2.05) is 19.1 Å². The highest BCUT2D eigenvalue weighted by molar-refractivity contribution is 7.89. The van der Waals surface area contributed by atoms with E-state index in [1.165, 1.54) is 17.3 Å². The van der Waals surface area contributed by atoms with Gasteiger partial charge in [-0.1, -0.05) is 6.92 Å². The molecule has 0 saturated heterocycles. The molecule has 0 atom stereocenters. The van der Waals surface area contributed by atoms with Crippen molar-refractivity contribution in [1.82, 2.24) is 14.7 Å². The largest absolute Gasteiger partial charge is 0.355 e. The van der Waals surface area contributed by atoms with Crippen LogP contribution in [0.15, 0.2) is 29.4 Å². The summed E-state index contributed by atoms with van der Waals surface area (Å²) in [7, 11) is -3.58. The van der Waals surface area contributed by atoms with Crippen molar-refractivity contribution in [3.8, 4) is 0 Å². The Hall–Kier alpha value is -1.51. The minimum Gasteiger partial charge on any atom is -0.355 e. The van der Waals surface area contributed by atoms with Crippen molar-refractivity contribution >= 4 is 27.3 Å². The van der Waals surface area contributed by atoms with Crippen LogP contribution >= 0.6 is 11.3 Å². The molecule has 2 N–H and O–H groups in total. The van der Waals surface area contributed by atoms with Crippen molar-refractivity contribution in [2.45, 2.75) is 31.7 Å². The quantitative estimate of drug-likeness (QED) is 0.813. The second-order valence-corrected chi connectivity index (χ2v) is 7.34. The number of hydrogen-bond acceptors (Lipinski definition) is 6. The highest BCUT2D eigenvalue weighted by Gasteiger charge is 2.15. The van der Waals surface area contributed by atoms with E-state index in [-0.39, 0.29) is 11.4 Å². The third-order valence-corrected chi connectivity index (χ3v) is 5.36. The zero-order valence-electron chi connectivity index (χ0n) is 12.0. The number of hydrogen-bond donors (Lipinski definition) is 2. The summed E-state index contributed by atoms with van der Waals surface area (Å²) in [6.07, 6.45) is 3.57. The van der Waals surface area contributed by atoms with Crippen LogP contribution in [0.2, 0.25) is 0 Å². The van der Waals surface area contributed by atoms with Crippen LogP contribution in [-0.4, -0.2) is 24.9 Å². The zero-order valence-corrected chi connectivity index (χ0v) is 13.6. The zero-order chi connectivity index (χ0) is 15.3. The maximum absolute atomic E-state index is 12.1. The molecule has 2 rings (SSSR count). The first kappa shape index (κ1) is 15.9. The van der Waals surface area contributed by atoms with Crippen LogP contribution in [0.3, 0.4) is 0 Å². The fourth-order valence-electron chi connectivity index (χ4n) is 1.66. The van der Waals surface area contributed by atoms with Crippen molar-refractivity contribution in [1.29, 1.82) is 0 Å². The number of rotatable bonds is 7. The lowest BCUT2D eigenvalue weighted by Crippen LogP contribution is -2.23. The maximum atomic E-state index is 12.1. The van der Waals surface area contributed by atoms with Gasteiger partial charge in [0.2, 0.25) is 16.0 Å². The molecule has 0 bridgehead atoms. The van der Waals surface area contributed by atoms with Crippen molar-refractivity contribution in [3.05, 3.63) is 34.3 Å². The molecule has 0 radical (unpaired) electrons. The van der Waals surface area contributed by atoms with E-state index in [0.29, 0.717) is 12.5 Å². The van der Waals surface area contributed by atoms with Gasteiger partial charge in [0.1, 0.15) is 4.90 Å². The van der Waals surface area contributed by atoms with Gasteiger partial charge in [0.05, 0.1) is 12.4 Å². The molecule has 21 heavy (non-hydrogen) atoms. The van der Waals surface area contributed by atoms with Crippen molar-refractivity contribution < 1.29 is 8.42 Å². The van der Waals surface area contributed by atoms with E-state index in [9.17, 15) is 8.42 Å². The van der Waals surface area contributed by atoms with Gasteiger partial charge in [-0.05, 0) is 25.5 Å². The van der Waals surface area contributed by atoms with Crippen LogP contribution in [0.25, 0.3) is 0 Å². The molecule has 0 aliphatic rings. The first-order valence-electron chi connectivity index (χ1n) is 6.68. The van der Waals surface area contributed by atoms with Gasteiger partial charge in [-0.2, -0.15) is 0 Å². The molecule has 0 amide bonds. The highest BCUT2D eigenvalue weighted by atomic mass is 32.2. The van der Waals surface area contributed by atoms with E-state index in [1.54, 1.807) is 11.3 Å². The van der Waals surface area contributed by atoms with Gasteiger partial charge in [-0.15, -0.1) is 11.3 Å². The molecule has 2 heterocycles. The van der Waals surface area contributed by atoms with Gasteiger partial charge in [0, 0.05) is 22.8 Å². The normalized spacial score (nSPS) is 11.5. The predicted octanol–water partition coefficient (Wildman–Crippen LogP) is 2.01. The molecular weight excluding hydrogens is 308 g/mol.